The fourth-order valence-electron chi connectivity index (χ4n) is 3.22. The number of amides is 1. The summed E-state index contributed by atoms with van der Waals surface area (Å²) in [6, 6.07) is 1.65. The van der Waals surface area contributed by atoms with Crippen molar-refractivity contribution in [1.29, 1.82) is 0 Å². The van der Waals surface area contributed by atoms with Crippen molar-refractivity contribution in [2.45, 2.75) is 52.5 Å². The van der Waals surface area contributed by atoms with Gasteiger partial charge in [0.25, 0.3) is 5.91 Å². The van der Waals surface area contributed by atoms with Crippen molar-refractivity contribution in [1.82, 2.24) is 20.4 Å². The highest BCUT2D eigenvalue weighted by Gasteiger charge is 2.32. The molecule has 0 radical (unpaired) electrons. The standard InChI is InChI=1S/C18H26N4O3/c1-10(2)16-21-18(25-22-16)15(13-5-7-24-8-6-13)20-17(23)14-11(3)9-12(4)19-14/h9-10,13,15,19H,5-8H2,1-4H3,(H,20,23). The van der Waals surface area contributed by atoms with E-state index in [0.29, 0.717) is 30.6 Å². The van der Waals surface area contributed by atoms with Gasteiger partial charge in [-0.05, 0) is 44.2 Å². The topological polar surface area (TPSA) is 93.0 Å². The molecule has 25 heavy (non-hydrogen) atoms. The number of nitrogens with one attached hydrogen (secondary N) is 2. The van der Waals surface area contributed by atoms with Crippen LogP contribution in [0.2, 0.25) is 0 Å². The third kappa shape index (κ3) is 3.92. The number of aryl methyl sites for hydroxylation is 2. The molecule has 1 saturated heterocycles. The predicted octanol–water partition coefficient (Wildman–Crippen LogP) is 3.04. The van der Waals surface area contributed by atoms with E-state index in [1.807, 2.05) is 33.8 Å². The highest BCUT2D eigenvalue weighted by atomic mass is 16.5. The molecule has 1 unspecified atom stereocenters. The Hall–Kier alpha value is -2.15. The Morgan fingerprint density at radius 2 is 2.04 bits per heavy atom. The normalized spacial score (nSPS) is 17.0. The van der Waals surface area contributed by atoms with Crippen LogP contribution in [0.4, 0.5) is 0 Å². The number of nitrogens with zero attached hydrogens (tertiary/aromatic N) is 2. The summed E-state index contributed by atoms with van der Waals surface area (Å²) in [6.45, 7) is 9.26. The maximum Gasteiger partial charge on any atom is 0.268 e. The van der Waals surface area contributed by atoms with Gasteiger partial charge in [-0.15, -0.1) is 0 Å². The van der Waals surface area contributed by atoms with Gasteiger partial charge in [0.1, 0.15) is 11.7 Å². The Balaban J connectivity index is 1.85. The summed E-state index contributed by atoms with van der Waals surface area (Å²) >= 11 is 0. The third-order valence-corrected chi connectivity index (χ3v) is 4.64. The largest absolute Gasteiger partial charge is 0.381 e. The van der Waals surface area contributed by atoms with Gasteiger partial charge in [0.2, 0.25) is 5.89 Å². The lowest BCUT2D eigenvalue weighted by molar-refractivity contribution is 0.0467. The highest BCUT2D eigenvalue weighted by Crippen LogP contribution is 2.30. The lowest BCUT2D eigenvalue weighted by Gasteiger charge is -2.28. The van der Waals surface area contributed by atoms with E-state index in [-0.39, 0.29) is 23.8 Å². The van der Waals surface area contributed by atoms with Crippen molar-refractivity contribution >= 4 is 5.91 Å². The van der Waals surface area contributed by atoms with Crippen molar-refractivity contribution in [3.8, 4) is 0 Å². The van der Waals surface area contributed by atoms with E-state index in [2.05, 4.69) is 20.4 Å². The molecule has 7 heteroatoms. The Morgan fingerprint density at radius 3 is 2.60 bits per heavy atom. The number of carbonyl (C=O) groups is 1. The minimum absolute atomic E-state index is 0.147. The van der Waals surface area contributed by atoms with Gasteiger partial charge in [-0.2, -0.15) is 4.98 Å². The number of H-pyrrole nitrogens is 1. The summed E-state index contributed by atoms with van der Waals surface area (Å²) < 4.78 is 10.9. The van der Waals surface area contributed by atoms with Gasteiger partial charge >= 0.3 is 0 Å². The number of carbonyl (C=O) groups excluding carboxylic acids is 1. The Kier molecular flexibility index (Phi) is 5.22. The molecular weight excluding hydrogens is 320 g/mol. The molecule has 1 atom stereocenters. The first-order valence-electron chi connectivity index (χ1n) is 8.84. The molecule has 3 rings (SSSR count). The summed E-state index contributed by atoms with van der Waals surface area (Å²) in [6.07, 6.45) is 1.71. The first kappa shape index (κ1) is 17.7. The minimum atomic E-state index is -0.306. The average Bonchev–Trinajstić information content (AvgIpc) is 3.20. The van der Waals surface area contributed by atoms with E-state index in [0.717, 1.165) is 24.1 Å². The van der Waals surface area contributed by atoms with Crippen LogP contribution in [0.5, 0.6) is 0 Å². The fraction of sp³-hybridized carbons (Fsp3) is 0.611. The summed E-state index contributed by atoms with van der Waals surface area (Å²) in [5.41, 5.74) is 2.47. The maximum atomic E-state index is 12.8. The Bertz CT molecular complexity index is 729. The molecule has 0 aliphatic carbocycles. The molecule has 2 aromatic heterocycles. The zero-order chi connectivity index (χ0) is 18.0. The average molecular weight is 346 g/mol. The summed E-state index contributed by atoms with van der Waals surface area (Å²) in [7, 11) is 0. The van der Waals surface area contributed by atoms with Crippen LogP contribution in [0.1, 0.15) is 72.1 Å². The van der Waals surface area contributed by atoms with Gasteiger partial charge in [0.15, 0.2) is 5.82 Å². The van der Waals surface area contributed by atoms with E-state index < -0.39 is 0 Å². The number of ether oxygens (including phenoxy) is 1. The number of hydrogen-bond donors (Lipinski definition) is 2. The molecule has 1 amide bonds. The van der Waals surface area contributed by atoms with Crippen LogP contribution in [0.25, 0.3) is 0 Å². The van der Waals surface area contributed by atoms with Crippen LogP contribution in [0.15, 0.2) is 10.6 Å². The van der Waals surface area contributed by atoms with Crippen LogP contribution in [0, 0.1) is 19.8 Å². The monoisotopic (exact) mass is 346 g/mol. The molecule has 1 aliphatic rings. The van der Waals surface area contributed by atoms with E-state index in [1.54, 1.807) is 0 Å². The van der Waals surface area contributed by atoms with Crippen LogP contribution in [0.3, 0.4) is 0 Å². The molecule has 7 nitrogen and oxygen atoms in total. The molecule has 0 bridgehead atoms. The number of aromatic amines is 1. The van der Waals surface area contributed by atoms with Gasteiger partial charge in [-0.3, -0.25) is 4.79 Å². The quantitative estimate of drug-likeness (QED) is 0.868. The molecule has 0 saturated carbocycles. The van der Waals surface area contributed by atoms with E-state index in [4.69, 9.17) is 9.26 Å². The zero-order valence-corrected chi connectivity index (χ0v) is 15.3. The summed E-state index contributed by atoms with van der Waals surface area (Å²) in [5, 5.41) is 7.16. The van der Waals surface area contributed by atoms with Crippen molar-refractivity contribution in [2.75, 3.05) is 13.2 Å². The number of rotatable bonds is 5. The Labute approximate surface area is 147 Å². The minimum Gasteiger partial charge on any atom is -0.381 e. The Morgan fingerprint density at radius 1 is 1.32 bits per heavy atom. The predicted molar refractivity (Wildman–Crippen MR) is 92.4 cm³/mol. The molecule has 136 valence electrons. The van der Waals surface area contributed by atoms with E-state index >= 15 is 0 Å². The second kappa shape index (κ2) is 7.39. The molecule has 1 aliphatic heterocycles. The second-order valence-electron chi connectivity index (χ2n) is 7.06. The molecule has 0 spiro atoms. The number of hydrogen-bond acceptors (Lipinski definition) is 5. The lowest BCUT2D eigenvalue weighted by atomic mass is 9.91. The van der Waals surface area contributed by atoms with Gasteiger partial charge in [0.05, 0.1) is 0 Å². The fourth-order valence-corrected chi connectivity index (χ4v) is 3.22. The summed E-state index contributed by atoms with van der Waals surface area (Å²) in [4.78, 5) is 20.4. The van der Waals surface area contributed by atoms with Gasteiger partial charge in [-0.25, -0.2) is 0 Å². The molecule has 3 heterocycles. The molecule has 2 N–H and O–H groups in total. The molecule has 2 aromatic rings. The lowest BCUT2D eigenvalue weighted by Crippen LogP contribution is -2.36. The third-order valence-electron chi connectivity index (χ3n) is 4.64. The molecule has 0 aromatic carbocycles. The maximum absolute atomic E-state index is 12.8. The highest BCUT2D eigenvalue weighted by molar-refractivity contribution is 5.94. The number of aromatic nitrogens is 3. The van der Waals surface area contributed by atoms with Gasteiger partial charge in [0, 0.05) is 24.8 Å². The second-order valence-corrected chi connectivity index (χ2v) is 7.06. The SMILES string of the molecule is Cc1cc(C)c(C(=O)NC(c2nc(C(C)C)no2)C2CCOCC2)[nH]1. The van der Waals surface area contributed by atoms with Gasteiger partial charge in [-0.1, -0.05) is 19.0 Å². The van der Waals surface area contributed by atoms with Crippen molar-refractivity contribution in [2.24, 2.45) is 5.92 Å². The van der Waals surface area contributed by atoms with Crippen LogP contribution in [-0.2, 0) is 4.74 Å². The van der Waals surface area contributed by atoms with Crippen LogP contribution in [-0.4, -0.2) is 34.2 Å². The molecule has 1 fully saturated rings. The first-order valence-corrected chi connectivity index (χ1v) is 8.84. The summed E-state index contributed by atoms with van der Waals surface area (Å²) in [5.74, 6) is 1.39. The van der Waals surface area contributed by atoms with Crippen molar-refractivity contribution in [3.05, 3.63) is 34.7 Å². The van der Waals surface area contributed by atoms with E-state index in [1.165, 1.54) is 0 Å². The molecular formula is C18H26N4O3. The van der Waals surface area contributed by atoms with E-state index in [9.17, 15) is 4.79 Å². The van der Waals surface area contributed by atoms with Crippen molar-refractivity contribution in [3.63, 3.8) is 0 Å². The zero-order valence-electron chi connectivity index (χ0n) is 15.3. The van der Waals surface area contributed by atoms with Gasteiger partial charge < -0.3 is 19.6 Å². The van der Waals surface area contributed by atoms with Crippen LogP contribution < -0.4 is 5.32 Å². The van der Waals surface area contributed by atoms with Crippen LogP contribution >= 0.6 is 0 Å². The first-order chi connectivity index (χ1) is 12.0. The van der Waals surface area contributed by atoms with Crippen molar-refractivity contribution < 1.29 is 14.1 Å². The smallest absolute Gasteiger partial charge is 0.268 e.